The van der Waals surface area contributed by atoms with Gasteiger partial charge in [0.15, 0.2) is 0 Å². The minimum Gasteiger partial charge on any atom is -0.455 e. The maximum Gasteiger partial charge on any atom is 0.452 e. The summed E-state index contributed by atoms with van der Waals surface area (Å²) in [5.41, 5.74) is 1.42. The van der Waals surface area contributed by atoms with E-state index in [1.54, 1.807) is 24.3 Å². The molecular weight excluding hydrogens is 314 g/mol. The Morgan fingerprint density at radius 3 is 2.35 bits per heavy atom. The number of halogens is 4. The van der Waals surface area contributed by atoms with Crippen molar-refractivity contribution in [2.45, 2.75) is 19.0 Å². The standard InChI is InChI=1S/C16H15F4NO2/c1-22-15(16(18,19)20)23-14-7-5-13(6-8-14)21-10-11-3-2-4-12(17)9-11/h2-9,15,21H,10H2,1H3. The molecule has 0 aliphatic heterocycles. The van der Waals surface area contributed by atoms with Crippen molar-refractivity contribution in [2.75, 3.05) is 12.4 Å². The van der Waals surface area contributed by atoms with Gasteiger partial charge in [-0.1, -0.05) is 12.1 Å². The van der Waals surface area contributed by atoms with Gasteiger partial charge in [-0.05, 0) is 42.0 Å². The van der Waals surface area contributed by atoms with Crippen LogP contribution in [-0.2, 0) is 11.3 Å². The lowest BCUT2D eigenvalue weighted by Crippen LogP contribution is -2.35. The van der Waals surface area contributed by atoms with Gasteiger partial charge in [0.05, 0.1) is 0 Å². The number of anilines is 1. The molecule has 7 heteroatoms. The second-order valence-corrected chi connectivity index (χ2v) is 4.73. The Morgan fingerprint density at radius 2 is 1.78 bits per heavy atom. The Morgan fingerprint density at radius 1 is 1.09 bits per heavy atom. The Kier molecular flexibility index (Phi) is 5.44. The second kappa shape index (κ2) is 7.32. The molecule has 2 rings (SSSR count). The lowest BCUT2D eigenvalue weighted by atomic mass is 10.2. The normalized spacial score (nSPS) is 12.7. The highest BCUT2D eigenvalue weighted by Gasteiger charge is 2.42. The van der Waals surface area contributed by atoms with Crippen LogP contribution in [0.25, 0.3) is 0 Å². The number of nitrogens with one attached hydrogen (secondary N) is 1. The van der Waals surface area contributed by atoms with E-state index in [0.29, 0.717) is 12.2 Å². The molecule has 1 unspecified atom stereocenters. The van der Waals surface area contributed by atoms with Crippen LogP contribution in [0, 0.1) is 5.82 Å². The Hall–Kier alpha value is -2.28. The summed E-state index contributed by atoms with van der Waals surface area (Å²) in [7, 11) is 0.924. The van der Waals surface area contributed by atoms with Crippen molar-refractivity contribution in [3.8, 4) is 5.75 Å². The number of hydrogen-bond acceptors (Lipinski definition) is 3. The monoisotopic (exact) mass is 329 g/mol. The summed E-state index contributed by atoms with van der Waals surface area (Å²) in [5, 5.41) is 3.04. The van der Waals surface area contributed by atoms with Crippen LogP contribution in [0.4, 0.5) is 23.2 Å². The van der Waals surface area contributed by atoms with Crippen LogP contribution in [0.15, 0.2) is 48.5 Å². The van der Waals surface area contributed by atoms with Gasteiger partial charge in [-0.3, -0.25) is 0 Å². The Balaban J connectivity index is 1.94. The number of ether oxygens (including phenoxy) is 2. The smallest absolute Gasteiger partial charge is 0.452 e. The maximum absolute atomic E-state index is 13.0. The van der Waals surface area contributed by atoms with Gasteiger partial charge in [-0.2, -0.15) is 13.2 Å². The molecule has 0 spiro atoms. The molecule has 0 fully saturated rings. The van der Waals surface area contributed by atoms with Crippen LogP contribution in [0.3, 0.4) is 0 Å². The van der Waals surface area contributed by atoms with Crippen molar-refractivity contribution in [1.82, 2.24) is 0 Å². The van der Waals surface area contributed by atoms with E-state index in [4.69, 9.17) is 4.74 Å². The van der Waals surface area contributed by atoms with Gasteiger partial charge in [0, 0.05) is 19.3 Å². The highest BCUT2D eigenvalue weighted by atomic mass is 19.4. The molecule has 0 amide bonds. The topological polar surface area (TPSA) is 30.5 Å². The number of alkyl halides is 3. The fourth-order valence-electron chi connectivity index (χ4n) is 1.87. The third kappa shape index (κ3) is 5.14. The van der Waals surface area contributed by atoms with Crippen molar-refractivity contribution < 1.29 is 27.0 Å². The minimum absolute atomic E-state index is 0.0329. The molecule has 0 aliphatic rings. The minimum atomic E-state index is -4.61. The molecule has 3 nitrogen and oxygen atoms in total. The van der Waals surface area contributed by atoms with Gasteiger partial charge < -0.3 is 14.8 Å². The Bertz CT molecular complexity index is 629. The zero-order valence-electron chi connectivity index (χ0n) is 12.2. The van der Waals surface area contributed by atoms with Gasteiger partial charge in [-0.25, -0.2) is 4.39 Å². The van der Waals surface area contributed by atoms with Gasteiger partial charge >= 0.3 is 6.18 Å². The van der Waals surface area contributed by atoms with E-state index in [0.717, 1.165) is 12.7 Å². The van der Waals surface area contributed by atoms with Gasteiger partial charge in [-0.15, -0.1) is 0 Å². The van der Waals surface area contributed by atoms with Crippen molar-refractivity contribution in [2.24, 2.45) is 0 Å². The first-order chi connectivity index (χ1) is 10.9. The lowest BCUT2D eigenvalue weighted by molar-refractivity contribution is -0.274. The maximum atomic E-state index is 13.0. The van der Waals surface area contributed by atoms with Crippen molar-refractivity contribution in [3.05, 3.63) is 59.9 Å². The van der Waals surface area contributed by atoms with Crippen LogP contribution >= 0.6 is 0 Å². The first-order valence-electron chi connectivity index (χ1n) is 6.73. The summed E-state index contributed by atoms with van der Waals surface area (Å²) in [4.78, 5) is 0. The molecule has 124 valence electrons. The summed E-state index contributed by atoms with van der Waals surface area (Å²) >= 11 is 0. The predicted octanol–water partition coefficient (Wildman–Crippen LogP) is 4.35. The van der Waals surface area contributed by atoms with Gasteiger partial charge in [0.25, 0.3) is 6.29 Å². The molecule has 0 aromatic heterocycles. The quantitative estimate of drug-likeness (QED) is 0.631. The molecule has 0 radical (unpaired) electrons. The SMILES string of the molecule is COC(Oc1ccc(NCc2cccc(F)c2)cc1)C(F)(F)F. The summed E-state index contributed by atoms with van der Waals surface area (Å²) in [6.45, 7) is 0.390. The van der Waals surface area contributed by atoms with Crippen LogP contribution in [0.1, 0.15) is 5.56 Å². The molecule has 23 heavy (non-hydrogen) atoms. The van der Waals surface area contributed by atoms with E-state index >= 15 is 0 Å². The van der Waals surface area contributed by atoms with E-state index in [2.05, 4.69) is 10.1 Å². The number of methoxy groups -OCH3 is 1. The summed E-state index contributed by atoms with van der Waals surface area (Å²) in [6.07, 6.45) is -6.92. The lowest BCUT2D eigenvalue weighted by Gasteiger charge is -2.20. The third-order valence-electron chi connectivity index (χ3n) is 2.96. The van der Waals surface area contributed by atoms with E-state index < -0.39 is 12.5 Å². The fourth-order valence-corrected chi connectivity index (χ4v) is 1.87. The van der Waals surface area contributed by atoms with E-state index in [1.165, 1.54) is 24.3 Å². The average molecular weight is 329 g/mol. The summed E-state index contributed by atoms with van der Waals surface area (Å²) < 4.78 is 59.7. The van der Waals surface area contributed by atoms with Crippen molar-refractivity contribution in [3.63, 3.8) is 0 Å². The molecular formula is C16H15F4NO2. The Labute approximate surface area is 130 Å². The highest BCUT2D eigenvalue weighted by molar-refractivity contribution is 5.46. The van der Waals surface area contributed by atoms with Crippen LogP contribution in [0.2, 0.25) is 0 Å². The van der Waals surface area contributed by atoms with Crippen LogP contribution < -0.4 is 10.1 Å². The zero-order chi connectivity index (χ0) is 16.9. The highest BCUT2D eigenvalue weighted by Crippen LogP contribution is 2.26. The molecule has 1 N–H and O–H groups in total. The number of benzene rings is 2. The van der Waals surface area contributed by atoms with E-state index in [-0.39, 0.29) is 11.6 Å². The summed E-state index contributed by atoms with van der Waals surface area (Å²) in [6, 6.07) is 12.0. The molecule has 0 saturated carbocycles. The fraction of sp³-hybridized carbons (Fsp3) is 0.250. The number of rotatable bonds is 6. The molecule has 1 atom stereocenters. The third-order valence-corrected chi connectivity index (χ3v) is 2.96. The zero-order valence-corrected chi connectivity index (χ0v) is 12.2. The number of hydrogen-bond donors (Lipinski definition) is 1. The molecule has 0 bridgehead atoms. The first kappa shape index (κ1) is 17.1. The first-order valence-corrected chi connectivity index (χ1v) is 6.73. The van der Waals surface area contributed by atoms with E-state index in [9.17, 15) is 17.6 Å². The van der Waals surface area contributed by atoms with Gasteiger partial charge in [0.1, 0.15) is 11.6 Å². The molecule has 0 aliphatic carbocycles. The molecule has 0 saturated heterocycles. The van der Waals surface area contributed by atoms with Crippen molar-refractivity contribution >= 4 is 5.69 Å². The second-order valence-electron chi connectivity index (χ2n) is 4.73. The van der Waals surface area contributed by atoms with E-state index in [1.807, 2.05) is 0 Å². The predicted molar refractivity (Wildman–Crippen MR) is 77.6 cm³/mol. The molecule has 2 aromatic carbocycles. The van der Waals surface area contributed by atoms with Crippen molar-refractivity contribution in [1.29, 1.82) is 0 Å². The summed E-state index contributed by atoms with van der Waals surface area (Å²) in [5.74, 6) is -0.295. The molecule has 2 aromatic rings. The average Bonchev–Trinajstić information content (AvgIpc) is 2.50. The molecule has 0 heterocycles. The van der Waals surface area contributed by atoms with Crippen LogP contribution in [-0.4, -0.2) is 19.6 Å². The van der Waals surface area contributed by atoms with Crippen LogP contribution in [0.5, 0.6) is 5.75 Å². The largest absolute Gasteiger partial charge is 0.455 e. The van der Waals surface area contributed by atoms with Gasteiger partial charge in [0.2, 0.25) is 0 Å².